The van der Waals surface area contributed by atoms with Crippen molar-refractivity contribution in [1.29, 1.82) is 0 Å². The summed E-state index contributed by atoms with van der Waals surface area (Å²) in [6.07, 6.45) is 4.62. The van der Waals surface area contributed by atoms with E-state index in [1.165, 1.54) is 6.39 Å². The molecule has 0 bridgehead atoms. The van der Waals surface area contributed by atoms with Gasteiger partial charge in [0.05, 0.1) is 0 Å². The summed E-state index contributed by atoms with van der Waals surface area (Å²) in [7, 11) is 0. The van der Waals surface area contributed by atoms with Crippen molar-refractivity contribution in [3.63, 3.8) is 0 Å². The van der Waals surface area contributed by atoms with Gasteiger partial charge in [0.25, 0.3) is 11.1 Å². The lowest BCUT2D eigenvalue weighted by atomic mass is 9.92. The van der Waals surface area contributed by atoms with Crippen molar-refractivity contribution in [2.45, 2.75) is 26.2 Å². The normalized spacial score (nSPS) is 13.3. The van der Waals surface area contributed by atoms with E-state index in [0.717, 1.165) is 27.1 Å². The average molecular weight is 437 g/mol. The Bertz CT molecular complexity index is 1690. The van der Waals surface area contributed by atoms with Gasteiger partial charge in [0, 0.05) is 5.41 Å². The third kappa shape index (κ3) is 3.80. The van der Waals surface area contributed by atoms with Crippen molar-refractivity contribution < 1.29 is 4.42 Å². The van der Waals surface area contributed by atoms with Gasteiger partial charge in [-0.25, -0.2) is 4.98 Å². The first-order valence-corrected chi connectivity index (χ1v) is 10.7. The minimum Gasteiger partial charge on any atom is -0.447 e. The predicted octanol–water partition coefficient (Wildman–Crippen LogP) is 3.31. The smallest absolute Gasteiger partial charge is 0.272 e. The van der Waals surface area contributed by atoms with Gasteiger partial charge in [-0.2, -0.15) is 0 Å². The molecule has 0 aliphatic carbocycles. The number of benzene rings is 3. The lowest BCUT2D eigenvalue weighted by molar-refractivity contribution is 0.407. The van der Waals surface area contributed by atoms with Gasteiger partial charge in [-0.05, 0) is 45.3 Å². The zero-order valence-corrected chi connectivity index (χ0v) is 18.6. The summed E-state index contributed by atoms with van der Waals surface area (Å²) < 4.78 is 5.50. The molecule has 0 aliphatic rings. The van der Waals surface area contributed by atoms with E-state index in [4.69, 9.17) is 4.42 Å². The van der Waals surface area contributed by atoms with Crippen LogP contribution < -0.4 is 21.8 Å². The number of aromatic nitrogens is 3. The molecule has 0 amide bonds. The number of nitrogens with one attached hydrogen (secondary N) is 2. The maximum Gasteiger partial charge on any atom is 0.272 e. The second-order valence-electron chi connectivity index (χ2n) is 9.07. The summed E-state index contributed by atoms with van der Waals surface area (Å²) in [5.41, 5.74) is 0.305. The minimum atomic E-state index is -0.409. The van der Waals surface area contributed by atoms with Crippen LogP contribution in [0.15, 0.2) is 75.0 Å². The number of H-pyrrole nitrogens is 2. The zero-order chi connectivity index (χ0) is 23.2. The van der Waals surface area contributed by atoms with Crippen LogP contribution in [-0.4, -0.2) is 15.0 Å². The fourth-order valence-corrected chi connectivity index (χ4v) is 4.10. The van der Waals surface area contributed by atoms with Gasteiger partial charge >= 0.3 is 0 Å². The van der Waals surface area contributed by atoms with Crippen molar-refractivity contribution in [3.05, 3.63) is 109 Å². The SMILES string of the molecule is CC(C)(C)c1ocnc1/C=c1\[nH]c(=O)/c(=C/c2c3ccccc3cc3ccccc23)[nH]c1=O. The lowest BCUT2D eigenvalue weighted by Crippen LogP contribution is -2.46. The Morgan fingerprint density at radius 1 is 0.818 bits per heavy atom. The minimum absolute atomic E-state index is 0.124. The van der Waals surface area contributed by atoms with Crippen LogP contribution in [0.3, 0.4) is 0 Å². The molecule has 0 saturated carbocycles. The maximum absolute atomic E-state index is 13.0. The highest BCUT2D eigenvalue weighted by Gasteiger charge is 2.22. The Kier molecular flexibility index (Phi) is 4.86. The highest BCUT2D eigenvalue weighted by molar-refractivity contribution is 6.06. The molecule has 0 atom stereocenters. The largest absolute Gasteiger partial charge is 0.447 e. The molecular formula is C27H23N3O3. The average Bonchev–Trinajstić information content (AvgIpc) is 3.26. The summed E-state index contributed by atoms with van der Waals surface area (Å²) in [6, 6.07) is 18.1. The Balaban J connectivity index is 1.75. The number of rotatable bonds is 2. The molecule has 0 aliphatic heterocycles. The van der Waals surface area contributed by atoms with Gasteiger partial charge in [-0.3, -0.25) is 9.59 Å². The van der Waals surface area contributed by atoms with E-state index in [9.17, 15) is 9.59 Å². The summed E-state index contributed by atoms with van der Waals surface area (Å²) in [4.78, 5) is 35.5. The molecule has 5 aromatic rings. The van der Waals surface area contributed by atoms with E-state index >= 15 is 0 Å². The van der Waals surface area contributed by atoms with Gasteiger partial charge < -0.3 is 14.4 Å². The van der Waals surface area contributed by atoms with E-state index in [1.807, 2.05) is 69.3 Å². The lowest BCUT2D eigenvalue weighted by Gasteiger charge is -2.14. The summed E-state index contributed by atoms with van der Waals surface area (Å²) in [5.74, 6) is 0.639. The standard InChI is InChI=1S/C27H23N3O3/c1-27(2,3)24-21(28-15-33-24)14-23-26(32)29-22(25(31)30-23)13-20-18-10-6-4-8-16(18)12-17-9-5-7-11-19(17)20/h4-15H,1-3H3,(H,29,32)(H,30,31)/b22-13-,23-14-. The Morgan fingerprint density at radius 3 is 1.94 bits per heavy atom. The summed E-state index contributed by atoms with van der Waals surface area (Å²) in [5, 5.41) is 4.45. The predicted molar refractivity (Wildman–Crippen MR) is 131 cm³/mol. The van der Waals surface area contributed by atoms with Crippen molar-refractivity contribution >= 4 is 33.7 Å². The number of hydrogen-bond donors (Lipinski definition) is 2. The molecule has 6 heteroatoms. The van der Waals surface area contributed by atoms with Crippen LogP contribution in [0, 0.1) is 0 Å². The number of nitrogens with zero attached hydrogens (tertiary/aromatic N) is 1. The Morgan fingerprint density at radius 2 is 1.36 bits per heavy atom. The number of hydrogen-bond acceptors (Lipinski definition) is 4. The number of oxazole rings is 1. The second-order valence-corrected chi connectivity index (χ2v) is 9.07. The molecule has 33 heavy (non-hydrogen) atoms. The molecule has 2 N–H and O–H groups in total. The van der Waals surface area contributed by atoms with Crippen LogP contribution in [0.2, 0.25) is 0 Å². The number of aromatic amines is 2. The van der Waals surface area contributed by atoms with Crippen molar-refractivity contribution in [1.82, 2.24) is 15.0 Å². The first kappa shape index (κ1) is 20.7. The maximum atomic E-state index is 13.0. The van der Waals surface area contributed by atoms with Crippen LogP contribution in [-0.2, 0) is 5.41 Å². The van der Waals surface area contributed by atoms with Crippen LogP contribution in [0.5, 0.6) is 0 Å². The van der Waals surface area contributed by atoms with E-state index in [2.05, 4.69) is 21.0 Å². The van der Waals surface area contributed by atoms with E-state index in [1.54, 1.807) is 12.2 Å². The molecule has 0 unspecified atom stereocenters. The van der Waals surface area contributed by atoms with Gasteiger partial charge in [0.2, 0.25) is 0 Å². The number of fused-ring (bicyclic) bond motifs is 2. The molecule has 164 valence electrons. The Hall–Kier alpha value is -4.19. The molecule has 2 aromatic heterocycles. The van der Waals surface area contributed by atoms with Gasteiger partial charge in [0.15, 0.2) is 6.39 Å². The third-order valence-electron chi connectivity index (χ3n) is 5.64. The van der Waals surface area contributed by atoms with Gasteiger partial charge in [0.1, 0.15) is 22.2 Å². The molecule has 5 rings (SSSR count). The molecule has 0 spiro atoms. The first-order chi connectivity index (χ1) is 15.8. The van der Waals surface area contributed by atoms with E-state index in [-0.39, 0.29) is 16.1 Å². The molecular weight excluding hydrogens is 414 g/mol. The highest BCUT2D eigenvalue weighted by atomic mass is 16.3. The summed E-state index contributed by atoms with van der Waals surface area (Å²) in [6.45, 7) is 5.97. The van der Waals surface area contributed by atoms with Crippen LogP contribution in [0.4, 0.5) is 0 Å². The molecule has 3 aromatic carbocycles. The zero-order valence-electron chi connectivity index (χ0n) is 18.6. The van der Waals surface area contributed by atoms with Crippen LogP contribution >= 0.6 is 0 Å². The fourth-order valence-electron chi connectivity index (χ4n) is 4.10. The summed E-state index contributed by atoms with van der Waals surface area (Å²) >= 11 is 0. The molecule has 0 radical (unpaired) electrons. The second kappa shape index (κ2) is 7.74. The fraction of sp³-hybridized carbons (Fsp3) is 0.148. The topological polar surface area (TPSA) is 91.8 Å². The van der Waals surface area contributed by atoms with Gasteiger partial charge in [-0.1, -0.05) is 69.3 Å². The molecule has 0 fully saturated rings. The van der Waals surface area contributed by atoms with E-state index < -0.39 is 11.1 Å². The van der Waals surface area contributed by atoms with Gasteiger partial charge in [-0.15, -0.1) is 0 Å². The monoisotopic (exact) mass is 437 g/mol. The van der Waals surface area contributed by atoms with Crippen LogP contribution in [0.25, 0.3) is 33.7 Å². The van der Waals surface area contributed by atoms with Crippen molar-refractivity contribution in [3.8, 4) is 0 Å². The van der Waals surface area contributed by atoms with Crippen molar-refractivity contribution in [2.24, 2.45) is 0 Å². The highest BCUT2D eigenvalue weighted by Crippen LogP contribution is 2.29. The van der Waals surface area contributed by atoms with E-state index in [0.29, 0.717) is 11.5 Å². The van der Waals surface area contributed by atoms with Crippen molar-refractivity contribution in [2.75, 3.05) is 0 Å². The Labute approximate surface area is 188 Å². The quantitative estimate of drug-likeness (QED) is 0.415. The molecule has 0 saturated heterocycles. The third-order valence-corrected chi connectivity index (χ3v) is 5.64. The van der Waals surface area contributed by atoms with Crippen LogP contribution in [0.1, 0.15) is 37.8 Å². The molecule has 2 heterocycles. The first-order valence-electron chi connectivity index (χ1n) is 10.7. The molecule has 6 nitrogen and oxygen atoms in total.